The van der Waals surface area contributed by atoms with Crippen LogP contribution in [0.15, 0.2) is 108 Å². The van der Waals surface area contributed by atoms with Crippen molar-refractivity contribution < 1.29 is 8.42 Å². The van der Waals surface area contributed by atoms with E-state index in [1.54, 1.807) is 12.1 Å². The van der Waals surface area contributed by atoms with Crippen LogP contribution in [0.25, 0.3) is 39.2 Å². The van der Waals surface area contributed by atoms with Gasteiger partial charge in [-0.25, -0.2) is 18.5 Å². The van der Waals surface area contributed by atoms with Crippen LogP contribution in [0, 0.1) is 0 Å². The molecule has 0 spiro atoms. The van der Waals surface area contributed by atoms with Gasteiger partial charge >= 0.3 is 0 Å². The average Bonchev–Trinajstić information content (AvgIpc) is 3.23. The van der Waals surface area contributed by atoms with E-state index in [1.807, 2.05) is 59.1 Å². The van der Waals surface area contributed by atoms with E-state index in [1.165, 1.54) is 12.1 Å². The van der Waals surface area contributed by atoms with Gasteiger partial charge in [0.25, 0.3) is 0 Å². The summed E-state index contributed by atoms with van der Waals surface area (Å²) < 4.78 is 25.3. The Bertz CT molecular complexity index is 1480. The Balaban J connectivity index is 1.74. The zero-order valence-electron chi connectivity index (χ0n) is 16.5. The molecule has 0 bridgehead atoms. The highest BCUT2D eigenvalue weighted by Gasteiger charge is 2.14. The number of aromatic nitrogens is 2. The molecule has 152 valence electrons. The predicted octanol–water partition coefficient (Wildman–Crippen LogP) is 4.98. The lowest BCUT2D eigenvalue weighted by atomic mass is 10.0. The molecule has 5 nitrogen and oxygen atoms in total. The fourth-order valence-corrected chi connectivity index (χ4v) is 4.19. The Hall–Kier alpha value is -3.74. The SMILES string of the molecule is NS(=O)(=O)c1ccc(-c2cc(-c3ccccc3)cn3cc(-c4ccccc4)nc23)cc1. The van der Waals surface area contributed by atoms with E-state index in [-0.39, 0.29) is 4.90 Å². The lowest BCUT2D eigenvalue weighted by Gasteiger charge is -2.09. The van der Waals surface area contributed by atoms with E-state index < -0.39 is 10.0 Å². The highest BCUT2D eigenvalue weighted by Crippen LogP contribution is 2.32. The van der Waals surface area contributed by atoms with E-state index in [0.717, 1.165) is 39.2 Å². The summed E-state index contributed by atoms with van der Waals surface area (Å²) in [6, 6.07) is 28.8. The normalized spacial score (nSPS) is 11.6. The van der Waals surface area contributed by atoms with Crippen molar-refractivity contribution in [2.75, 3.05) is 0 Å². The molecule has 0 aliphatic carbocycles. The standard InChI is InChI=1S/C25H19N3O2S/c26-31(29,30)22-13-11-19(12-14-22)23-15-21(18-7-3-1-4-8-18)16-28-17-24(27-25(23)28)20-9-5-2-6-10-20/h1-17H,(H2,26,29,30). The summed E-state index contributed by atoms with van der Waals surface area (Å²) in [5, 5.41) is 5.26. The van der Waals surface area contributed by atoms with Crippen molar-refractivity contribution >= 4 is 15.7 Å². The van der Waals surface area contributed by atoms with Gasteiger partial charge in [-0.2, -0.15) is 0 Å². The fraction of sp³-hybridized carbons (Fsp3) is 0. The molecule has 0 saturated carbocycles. The van der Waals surface area contributed by atoms with Gasteiger partial charge in [0.15, 0.2) is 0 Å². The quantitative estimate of drug-likeness (QED) is 0.441. The van der Waals surface area contributed by atoms with Gasteiger partial charge in [0, 0.05) is 23.5 Å². The zero-order valence-corrected chi connectivity index (χ0v) is 17.3. The third kappa shape index (κ3) is 3.74. The first-order chi connectivity index (χ1) is 15.0. The zero-order chi connectivity index (χ0) is 21.4. The number of primary sulfonamides is 1. The van der Waals surface area contributed by atoms with Crippen LogP contribution in [-0.2, 0) is 10.0 Å². The number of nitrogens with zero attached hydrogens (tertiary/aromatic N) is 2. The maximum atomic E-state index is 11.7. The molecule has 6 heteroatoms. The summed E-state index contributed by atoms with van der Waals surface area (Å²) in [6.07, 6.45) is 4.08. The molecule has 0 saturated heterocycles. The number of sulfonamides is 1. The highest BCUT2D eigenvalue weighted by molar-refractivity contribution is 7.89. The van der Waals surface area contributed by atoms with Crippen molar-refractivity contribution in [1.82, 2.24) is 9.38 Å². The summed E-state index contributed by atoms with van der Waals surface area (Å²) in [6.45, 7) is 0. The molecular weight excluding hydrogens is 406 g/mol. The van der Waals surface area contributed by atoms with Crippen LogP contribution in [0.1, 0.15) is 0 Å². The predicted molar refractivity (Wildman–Crippen MR) is 123 cm³/mol. The molecule has 5 rings (SSSR count). The molecule has 2 heterocycles. The van der Waals surface area contributed by atoms with E-state index >= 15 is 0 Å². The van der Waals surface area contributed by atoms with Crippen LogP contribution in [-0.4, -0.2) is 17.8 Å². The lowest BCUT2D eigenvalue weighted by Crippen LogP contribution is -2.11. The molecule has 0 radical (unpaired) electrons. The summed E-state index contributed by atoms with van der Waals surface area (Å²) in [5.74, 6) is 0. The second-order valence-electron chi connectivity index (χ2n) is 7.30. The molecule has 31 heavy (non-hydrogen) atoms. The molecule has 0 unspecified atom stereocenters. The topological polar surface area (TPSA) is 77.5 Å². The highest BCUT2D eigenvalue weighted by atomic mass is 32.2. The molecule has 2 aromatic heterocycles. The summed E-state index contributed by atoms with van der Waals surface area (Å²) >= 11 is 0. The Kier molecular flexibility index (Phi) is 4.66. The molecule has 2 N–H and O–H groups in total. The van der Waals surface area contributed by atoms with Crippen molar-refractivity contribution in [2.24, 2.45) is 5.14 Å². The van der Waals surface area contributed by atoms with Gasteiger partial charge in [0.2, 0.25) is 10.0 Å². The van der Waals surface area contributed by atoms with Crippen molar-refractivity contribution in [3.05, 3.63) is 103 Å². The number of pyridine rings is 1. The molecule has 5 aromatic rings. The largest absolute Gasteiger partial charge is 0.305 e. The minimum absolute atomic E-state index is 0.0831. The third-order valence-corrected chi connectivity index (χ3v) is 6.15. The first kappa shape index (κ1) is 19.2. The van der Waals surface area contributed by atoms with Crippen molar-refractivity contribution in [3.8, 4) is 33.5 Å². The minimum atomic E-state index is -3.75. The van der Waals surface area contributed by atoms with Crippen LogP contribution in [0.3, 0.4) is 0 Å². The van der Waals surface area contributed by atoms with Crippen LogP contribution in [0.2, 0.25) is 0 Å². The third-order valence-electron chi connectivity index (χ3n) is 5.22. The van der Waals surface area contributed by atoms with Crippen LogP contribution in [0.4, 0.5) is 0 Å². The van der Waals surface area contributed by atoms with Crippen molar-refractivity contribution in [3.63, 3.8) is 0 Å². The first-order valence-corrected chi connectivity index (χ1v) is 11.3. The second-order valence-corrected chi connectivity index (χ2v) is 8.86. The molecular formula is C25H19N3O2S. The van der Waals surface area contributed by atoms with E-state index in [0.29, 0.717) is 0 Å². The van der Waals surface area contributed by atoms with Gasteiger partial charge in [-0.05, 0) is 34.9 Å². The number of fused-ring (bicyclic) bond motifs is 1. The molecule has 0 atom stereocenters. The minimum Gasteiger partial charge on any atom is -0.305 e. The van der Waals surface area contributed by atoms with E-state index in [9.17, 15) is 8.42 Å². The van der Waals surface area contributed by atoms with E-state index in [4.69, 9.17) is 10.1 Å². The smallest absolute Gasteiger partial charge is 0.238 e. The molecule has 0 fully saturated rings. The van der Waals surface area contributed by atoms with Crippen LogP contribution < -0.4 is 5.14 Å². The summed E-state index contributed by atoms with van der Waals surface area (Å²) in [7, 11) is -3.75. The Morgan fingerprint density at radius 3 is 1.90 bits per heavy atom. The van der Waals surface area contributed by atoms with Crippen molar-refractivity contribution in [2.45, 2.75) is 4.90 Å². The first-order valence-electron chi connectivity index (χ1n) is 9.76. The molecule has 0 amide bonds. The number of nitrogens with two attached hydrogens (primary N) is 1. The lowest BCUT2D eigenvalue weighted by molar-refractivity contribution is 0.598. The van der Waals surface area contributed by atoms with Gasteiger partial charge in [-0.1, -0.05) is 72.8 Å². The average molecular weight is 426 g/mol. The monoisotopic (exact) mass is 425 g/mol. The maximum Gasteiger partial charge on any atom is 0.238 e. The number of hydrogen-bond acceptors (Lipinski definition) is 3. The van der Waals surface area contributed by atoms with E-state index in [2.05, 4.69) is 24.4 Å². The van der Waals surface area contributed by atoms with Crippen LogP contribution in [0.5, 0.6) is 0 Å². The summed E-state index contributed by atoms with van der Waals surface area (Å²) in [4.78, 5) is 4.97. The Morgan fingerprint density at radius 2 is 1.29 bits per heavy atom. The maximum absolute atomic E-state index is 11.7. The number of hydrogen-bond donors (Lipinski definition) is 1. The number of imidazole rings is 1. The molecule has 0 aliphatic heterocycles. The molecule has 3 aromatic carbocycles. The Labute approximate surface area is 180 Å². The Morgan fingerprint density at radius 1 is 0.677 bits per heavy atom. The van der Waals surface area contributed by atoms with Gasteiger partial charge < -0.3 is 4.40 Å². The second kappa shape index (κ2) is 7.50. The van der Waals surface area contributed by atoms with Gasteiger partial charge in [0.1, 0.15) is 5.65 Å². The fourth-order valence-electron chi connectivity index (χ4n) is 3.67. The van der Waals surface area contributed by atoms with Gasteiger partial charge in [-0.3, -0.25) is 0 Å². The van der Waals surface area contributed by atoms with Crippen LogP contribution >= 0.6 is 0 Å². The molecule has 0 aliphatic rings. The van der Waals surface area contributed by atoms with Gasteiger partial charge in [0.05, 0.1) is 10.6 Å². The van der Waals surface area contributed by atoms with Crippen molar-refractivity contribution in [1.29, 1.82) is 0 Å². The van der Waals surface area contributed by atoms with Gasteiger partial charge in [-0.15, -0.1) is 0 Å². The number of rotatable bonds is 4. The number of benzene rings is 3. The summed E-state index contributed by atoms with van der Waals surface area (Å²) in [5.41, 5.74) is 6.58.